The minimum absolute atomic E-state index is 0.0849. The molecule has 0 saturated carbocycles. The molecule has 0 heterocycles. The molecule has 0 fully saturated rings. The van der Waals surface area contributed by atoms with Gasteiger partial charge in [-0.05, 0) is 63.1 Å². The molecule has 2 rings (SSSR count). The van der Waals surface area contributed by atoms with Gasteiger partial charge >= 0.3 is 0 Å². The summed E-state index contributed by atoms with van der Waals surface area (Å²) in [4.78, 5) is 47.0. The first kappa shape index (κ1) is 42.2. The number of carbonyl (C=O) groups excluding carboxylic acids is 4. The molecule has 2 aromatic carbocycles. The Kier molecular flexibility index (Phi) is 19.9. The lowest BCUT2D eigenvalue weighted by Gasteiger charge is -2.17. The lowest BCUT2D eigenvalue weighted by Crippen LogP contribution is -2.35. The Morgan fingerprint density at radius 3 is 1.29 bits per heavy atom. The van der Waals surface area contributed by atoms with Gasteiger partial charge in [-0.2, -0.15) is 0 Å². The van der Waals surface area contributed by atoms with Crippen molar-refractivity contribution in [2.75, 3.05) is 36.9 Å². The van der Waals surface area contributed by atoms with Crippen LogP contribution in [-0.2, 0) is 9.59 Å². The number of hydrogen-bond acceptors (Lipinski definition) is 10. The first-order valence-electron chi connectivity index (χ1n) is 16.6. The maximum atomic E-state index is 11.8. The van der Waals surface area contributed by atoms with Gasteiger partial charge in [0.25, 0.3) is 0 Å². The highest BCUT2D eigenvalue weighted by Gasteiger charge is 2.15. The van der Waals surface area contributed by atoms with E-state index in [1.165, 1.54) is 13.8 Å². The van der Waals surface area contributed by atoms with Crippen LogP contribution in [-0.4, -0.2) is 84.2 Å². The zero-order chi connectivity index (χ0) is 36.2. The lowest BCUT2D eigenvalue weighted by molar-refractivity contribution is -0.117. The number of Topliss-reactive ketones (excluding diaryl/α,β-unsaturated/α-hetero) is 2. The second-order valence-corrected chi connectivity index (χ2v) is 12.2. The van der Waals surface area contributed by atoms with E-state index in [0.717, 1.165) is 12.8 Å². The number of nitrogens with one attached hydrogen (secondary N) is 4. The van der Waals surface area contributed by atoms with E-state index in [2.05, 4.69) is 21.3 Å². The van der Waals surface area contributed by atoms with Crippen LogP contribution in [0.5, 0.6) is 11.5 Å². The van der Waals surface area contributed by atoms with Crippen molar-refractivity contribution in [3.05, 3.63) is 47.5 Å². The summed E-state index contributed by atoms with van der Waals surface area (Å²) < 4.78 is 11.2. The van der Waals surface area contributed by atoms with E-state index in [0.29, 0.717) is 59.9 Å². The van der Waals surface area contributed by atoms with Crippen molar-refractivity contribution < 1.29 is 38.9 Å². The third-order valence-electron chi connectivity index (χ3n) is 6.63. The first-order chi connectivity index (χ1) is 22.7. The summed E-state index contributed by atoms with van der Waals surface area (Å²) >= 11 is 0. The van der Waals surface area contributed by atoms with Crippen LogP contribution in [0.3, 0.4) is 0 Å². The molecule has 6 N–H and O–H groups in total. The van der Waals surface area contributed by atoms with Gasteiger partial charge in [0.05, 0.1) is 11.1 Å². The molecular weight excluding hydrogens is 616 g/mol. The van der Waals surface area contributed by atoms with Crippen molar-refractivity contribution in [1.82, 2.24) is 10.6 Å². The molecule has 2 amide bonds. The monoisotopic (exact) mass is 672 g/mol. The van der Waals surface area contributed by atoms with Gasteiger partial charge in [0.2, 0.25) is 11.8 Å². The molecule has 0 aromatic heterocycles. The normalized spacial score (nSPS) is 12.1. The van der Waals surface area contributed by atoms with E-state index < -0.39 is 12.2 Å². The topological polar surface area (TPSA) is 175 Å². The molecule has 0 aliphatic rings. The molecule has 0 aliphatic heterocycles. The van der Waals surface area contributed by atoms with E-state index in [4.69, 9.17) is 9.47 Å². The summed E-state index contributed by atoms with van der Waals surface area (Å²) in [5.41, 5.74) is 1.89. The maximum absolute atomic E-state index is 11.8. The van der Waals surface area contributed by atoms with Crippen LogP contribution in [0.4, 0.5) is 11.4 Å². The molecule has 0 bridgehead atoms. The van der Waals surface area contributed by atoms with Crippen molar-refractivity contribution in [3.63, 3.8) is 0 Å². The Balaban J connectivity index is 0.000000480. The fraction of sp³-hybridized carbons (Fsp3) is 0.556. The highest BCUT2D eigenvalue weighted by molar-refractivity contribution is 6.00. The standard InChI is InChI=1S/2C18H28N2O4/c2*1-5-6-18(23)20-14-7-8-17(16(9-14)13(4)21)24-11-15(22)10-19-12(2)3/h2*7-9,12,15,19,22H,5-6,10-11H2,1-4H3,(H,20,23). The number of carbonyl (C=O) groups is 4. The second-order valence-electron chi connectivity index (χ2n) is 12.2. The summed E-state index contributed by atoms with van der Waals surface area (Å²) in [6, 6.07) is 10.4. The van der Waals surface area contributed by atoms with Crippen molar-refractivity contribution in [1.29, 1.82) is 0 Å². The van der Waals surface area contributed by atoms with Crippen molar-refractivity contribution >= 4 is 34.8 Å². The molecule has 268 valence electrons. The number of aliphatic hydroxyl groups is 2. The van der Waals surface area contributed by atoms with Crippen molar-refractivity contribution in [2.24, 2.45) is 0 Å². The summed E-state index contributed by atoms with van der Waals surface area (Å²) in [5, 5.41) is 31.5. The number of benzene rings is 2. The number of anilines is 2. The lowest BCUT2D eigenvalue weighted by atomic mass is 10.1. The second kappa shape index (κ2) is 22.7. The van der Waals surface area contributed by atoms with Gasteiger partial charge < -0.3 is 41.0 Å². The highest BCUT2D eigenvalue weighted by atomic mass is 16.5. The SMILES string of the molecule is CCCC(=O)Nc1ccc(OCC(O)CNC(C)C)c(C(C)=O)c1.CCCC(=O)Nc1ccc(OCC(O)CNC(C)C)c(C(C)=O)c1. The van der Waals surface area contributed by atoms with Gasteiger partial charge in [-0.3, -0.25) is 19.2 Å². The fourth-order valence-corrected chi connectivity index (χ4v) is 4.15. The van der Waals surface area contributed by atoms with Crippen LogP contribution >= 0.6 is 0 Å². The Labute approximate surface area is 285 Å². The predicted molar refractivity (Wildman–Crippen MR) is 189 cm³/mol. The van der Waals surface area contributed by atoms with Gasteiger partial charge in [-0.15, -0.1) is 0 Å². The molecule has 2 unspecified atom stereocenters. The molecular formula is C36H56N4O8. The van der Waals surface area contributed by atoms with Crippen LogP contribution in [0.15, 0.2) is 36.4 Å². The van der Waals surface area contributed by atoms with Gasteiger partial charge in [0.15, 0.2) is 11.6 Å². The maximum Gasteiger partial charge on any atom is 0.224 e. The molecule has 12 nitrogen and oxygen atoms in total. The van der Waals surface area contributed by atoms with Crippen LogP contribution < -0.4 is 30.7 Å². The molecule has 0 saturated heterocycles. The van der Waals surface area contributed by atoms with Crippen LogP contribution in [0.25, 0.3) is 0 Å². The Morgan fingerprint density at radius 2 is 1.00 bits per heavy atom. The summed E-state index contributed by atoms with van der Waals surface area (Å²) in [5.74, 6) is 0.309. The van der Waals surface area contributed by atoms with E-state index in [1.807, 2.05) is 41.5 Å². The smallest absolute Gasteiger partial charge is 0.224 e. The zero-order valence-corrected chi connectivity index (χ0v) is 29.8. The number of rotatable bonds is 20. The third-order valence-corrected chi connectivity index (χ3v) is 6.63. The van der Waals surface area contributed by atoms with Crippen molar-refractivity contribution in [3.8, 4) is 11.5 Å². The van der Waals surface area contributed by atoms with Gasteiger partial charge in [0.1, 0.15) is 36.9 Å². The minimum Gasteiger partial charge on any atom is -0.490 e. The molecule has 48 heavy (non-hydrogen) atoms. The van der Waals surface area contributed by atoms with Crippen LogP contribution in [0, 0.1) is 0 Å². The van der Waals surface area contributed by atoms with Gasteiger partial charge in [-0.1, -0.05) is 41.5 Å². The molecule has 2 atom stereocenters. The Hall–Kier alpha value is -3.84. The molecule has 12 heteroatoms. The van der Waals surface area contributed by atoms with Crippen LogP contribution in [0.1, 0.15) is 102 Å². The molecule has 0 radical (unpaired) electrons. The van der Waals surface area contributed by atoms with E-state index in [-0.39, 0.29) is 48.7 Å². The quantitative estimate of drug-likeness (QED) is 0.108. The zero-order valence-electron chi connectivity index (χ0n) is 29.8. The van der Waals surface area contributed by atoms with Gasteiger partial charge in [-0.25, -0.2) is 0 Å². The predicted octanol–water partition coefficient (Wildman–Crippen LogP) is 4.73. The number of hydrogen-bond donors (Lipinski definition) is 6. The third kappa shape index (κ3) is 17.4. The van der Waals surface area contributed by atoms with E-state index >= 15 is 0 Å². The summed E-state index contributed by atoms with van der Waals surface area (Å²) in [6.07, 6.45) is 1.04. The molecule has 0 aliphatic carbocycles. The van der Waals surface area contributed by atoms with Gasteiger partial charge in [0, 0.05) is 49.4 Å². The number of ketones is 2. The number of amides is 2. The highest BCUT2D eigenvalue weighted by Crippen LogP contribution is 2.25. The average Bonchev–Trinajstić information content (AvgIpc) is 3.01. The minimum atomic E-state index is -0.670. The molecule has 0 spiro atoms. The average molecular weight is 673 g/mol. The van der Waals surface area contributed by atoms with Crippen LogP contribution in [0.2, 0.25) is 0 Å². The van der Waals surface area contributed by atoms with E-state index in [1.54, 1.807) is 36.4 Å². The Bertz CT molecular complexity index is 1220. The fourth-order valence-electron chi connectivity index (χ4n) is 4.15. The van der Waals surface area contributed by atoms with E-state index in [9.17, 15) is 29.4 Å². The summed E-state index contributed by atoms with van der Waals surface area (Å²) in [7, 11) is 0. The largest absolute Gasteiger partial charge is 0.490 e. The number of ether oxygens (including phenoxy) is 2. The summed E-state index contributed by atoms with van der Waals surface area (Å²) in [6.45, 7) is 15.7. The first-order valence-corrected chi connectivity index (χ1v) is 16.6. The Morgan fingerprint density at radius 1 is 0.646 bits per heavy atom. The molecule has 2 aromatic rings. The van der Waals surface area contributed by atoms with Crippen molar-refractivity contribution in [2.45, 2.75) is 105 Å². The number of aliphatic hydroxyl groups excluding tert-OH is 2.